The molecule has 224 valence electrons. The lowest BCUT2D eigenvalue weighted by molar-refractivity contribution is 1.18. The molecule has 1 aromatic heterocycles. The Hall–Kier alpha value is -6.46. The zero-order valence-corrected chi connectivity index (χ0v) is 27.1. The Morgan fingerprint density at radius 3 is 1.52 bits per heavy atom. The number of rotatable bonds is 6. The van der Waals surface area contributed by atoms with Crippen LogP contribution < -0.4 is 20.7 Å². The van der Waals surface area contributed by atoms with Crippen LogP contribution in [0.3, 0.4) is 0 Å². The Morgan fingerprint density at radius 2 is 1.02 bits per heavy atom. The van der Waals surface area contributed by atoms with E-state index in [2.05, 4.69) is 173 Å². The summed E-state index contributed by atoms with van der Waals surface area (Å²) in [5.74, 6) is 0. The first-order chi connectivity index (χ1) is 23.8. The van der Waals surface area contributed by atoms with Crippen LogP contribution in [0.5, 0.6) is 0 Å². The highest BCUT2D eigenvalue weighted by atomic mass is 28.3. The van der Waals surface area contributed by atoms with E-state index in [4.69, 9.17) is 6.57 Å². The molecule has 0 saturated heterocycles. The van der Waals surface area contributed by atoms with E-state index in [1.54, 1.807) is 0 Å². The first-order valence-corrected chi connectivity index (χ1v) is 18.0. The van der Waals surface area contributed by atoms with Crippen molar-refractivity contribution in [3.05, 3.63) is 193 Å². The summed E-state index contributed by atoms with van der Waals surface area (Å²) in [6.07, 6.45) is 0. The van der Waals surface area contributed by atoms with Crippen LogP contribution >= 0.6 is 0 Å². The van der Waals surface area contributed by atoms with Crippen molar-refractivity contribution < 1.29 is 0 Å². The Balaban J connectivity index is 1.50. The van der Waals surface area contributed by atoms with Crippen molar-refractivity contribution in [2.45, 2.75) is 0 Å². The predicted molar refractivity (Wildman–Crippen MR) is 201 cm³/mol. The van der Waals surface area contributed by atoms with E-state index in [0.29, 0.717) is 11.3 Å². The molecule has 8 aromatic rings. The number of hydrogen-bond donors (Lipinski definition) is 0. The summed E-state index contributed by atoms with van der Waals surface area (Å²) in [6, 6.07) is 63.8. The van der Waals surface area contributed by atoms with Gasteiger partial charge >= 0.3 is 0 Å². The molecule has 0 radical (unpaired) electrons. The van der Waals surface area contributed by atoms with Gasteiger partial charge in [0, 0.05) is 22.0 Å². The second kappa shape index (κ2) is 12.0. The van der Waals surface area contributed by atoms with Crippen LogP contribution in [-0.2, 0) is 0 Å². The average molecular weight is 628 g/mol. The molecule has 1 heterocycles. The van der Waals surface area contributed by atoms with Gasteiger partial charge in [0.25, 0.3) is 0 Å². The molecule has 0 N–H and O–H groups in total. The molecule has 0 aliphatic heterocycles. The minimum Gasteiger partial charge on any atom is -0.310 e. The summed E-state index contributed by atoms with van der Waals surface area (Å²) < 4.78 is 2.25. The van der Waals surface area contributed by atoms with Gasteiger partial charge < -0.3 is 4.57 Å². The fourth-order valence-corrected chi connectivity index (χ4v) is 12.2. The van der Waals surface area contributed by atoms with Crippen LogP contribution in [0.1, 0.15) is 5.56 Å². The highest BCUT2D eigenvalue weighted by Gasteiger charge is 2.41. The molecule has 0 fully saturated rings. The zero-order chi connectivity index (χ0) is 32.5. The van der Waals surface area contributed by atoms with Gasteiger partial charge in [-0.3, -0.25) is 0 Å². The molecule has 0 unspecified atom stereocenters. The van der Waals surface area contributed by atoms with Crippen LogP contribution in [-0.4, -0.2) is 12.6 Å². The first kappa shape index (κ1) is 29.0. The van der Waals surface area contributed by atoms with Crippen molar-refractivity contribution in [2.75, 3.05) is 0 Å². The smallest absolute Gasteiger partial charge is 0.197 e. The van der Waals surface area contributed by atoms with Gasteiger partial charge in [-0.05, 0) is 50.6 Å². The average Bonchev–Trinajstić information content (AvgIpc) is 3.50. The molecule has 0 aliphatic rings. The number of fused-ring (bicyclic) bond motifs is 3. The third-order valence-corrected chi connectivity index (χ3v) is 14.2. The van der Waals surface area contributed by atoms with Crippen LogP contribution in [0.2, 0.25) is 0 Å². The van der Waals surface area contributed by atoms with E-state index in [-0.39, 0.29) is 0 Å². The van der Waals surface area contributed by atoms with Crippen LogP contribution in [0.15, 0.2) is 176 Å². The van der Waals surface area contributed by atoms with Crippen LogP contribution in [0, 0.1) is 17.9 Å². The van der Waals surface area contributed by atoms with E-state index >= 15 is 0 Å². The molecular formula is C44H29N3Si. The van der Waals surface area contributed by atoms with Gasteiger partial charge in [0.15, 0.2) is 13.8 Å². The molecule has 0 amide bonds. The first-order valence-electron chi connectivity index (χ1n) is 16.0. The molecule has 0 atom stereocenters. The number of nitriles is 1. The van der Waals surface area contributed by atoms with Gasteiger partial charge in [0.05, 0.1) is 29.2 Å². The maximum atomic E-state index is 10.6. The quantitative estimate of drug-likeness (QED) is 0.104. The monoisotopic (exact) mass is 627 g/mol. The van der Waals surface area contributed by atoms with Crippen molar-refractivity contribution in [3.8, 4) is 22.9 Å². The van der Waals surface area contributed by atoms with E-state index in [0.717, 1.165) is 43.8 Å². The molecule has 3 nitrogen and oxygen atoms in total. The fourth-order valence-electron chi connectivity index (χ4n) is 7.41. The molecule has 4 heteroatoms. The summed E-state index contributed by atoms with van der Waals surface area (Å²) in [4.78, 5) is 4.06. The normalized spacial score (nSPS) is 11.3. The Morgan fingerprint density at radius 1 is 0.521 bits per heavy atom. The van der Waals surface area contributed by atoms with Gasteiger partial charge in [0.1, 0.15) is 0 Å². The standard InChI is InChI=1S/C44H29N3Si/c1-46-40-24-15-27-43(47-41-25-13-11-22-37(41)38-23-12-14-26-42(38)47)44(40)39-30-36(29-28-32(39)31-45)48(33-16-5-2-6-17-33,34-18-7-3-8-19-34)35-20-9-4-10-21-35/h2-30H. The molecule has 0 bridgehead atoms. The minimum absolute atomic E-state index is 0.509. The highest BCUT2D eigenvalue weighted by molar-refractivity contribution is 7.19. The van der Waals surface area contributed by atoms with Crippen molar-refractivity contribution in [1.29, 1.82) is 5.26 Å². The van der Waals surface area contributed by atoms with Gasteiger partial charge in [-0.2, -0.15) is 5.26 Å². The third kappa shape index (κ3) is 4.48. The van der Waals surface area contributed by atoms with Crippen molar-refractivity contribution >= 4 is 56.3 Å². The van der Waals surface area contributed by atoms with Crippen molar-refractivity contribution in [2.24, 2.45) is 0 Å². The largest absolute Gasteiger partial charge is 0.310 e. The summed E-state index contributed by atoms with van der Waals surface area (Å²) in [7, 11) is -2.89. The number of benzene rings is 7. The lowest BCUT2D eigenvalue weighted by Crippen LogP contribution is -2.74. The zero-order valence-electron chi connectivity index (χ0n) is 26.1. The maximum absolute atomic E-state index is 10.6. The van der Waals surface area contributed by atoms with Gasteiger partial charge in [0.2, 0.25) is 0 Å². The molecule has 0 spiro atoms. The molecule has 0 aliphatic carbocycles. The third-order valence-electron chi connectivity index (χ3n) is 9.42. The predicted octanol–water partition coefficient (Wildman–Crippen LogP) is 8.25. The number of para-hydroxylation sites is 2. The second-order valence-electron chi connectivity index (χ2n) is 11.9. The maximum Gasteiger partial charge on any atom is 0.197 e. The van der Waals surface area contributed by atoms with Gasteiger partial charge in [-0.15, -0.1) is 0 Å². The Labute approximate surface area is 281 Å². The number of hydrogen-bond acceptors (Lipinski definition) is 1. The summed E-state index contributed by atoms with van der Waals surface area (Å²) in [6.45, 7) is 8.33. The van der Waals surface area contributed by atoms with E-state index in [1.165, 1.54) is 15.6 Å². The summed E-state index contributed by atoms with van der Waals surface area (Å²) in [5, 5.41) is 17.8. The summed E-state index contributed by atoms with van der Waals surface area (Å²) in [5.41, 5.74) is 5.55. The topological polar surface area (TPSA) is 33.1 Å². The second-order valence-corrected chi connectivity index (χ2v) is 15.7. The summed E-state index contributed by atoms with van der Waals surface area (Å²) >= 11 is 0. The molecule has 8 rings (SSSR count). The Kier molecular flexibility index (Phi) is 7.27. The lowest BCUT2D eigenvalue weighted by atomic mass is 9.96. The van der Waals surface area contributed by atoms with E-state index in [9.17, 15) is 5.26 Å². The van der Waals surface area contributed by atoms with Crippen molar-refractivity contribution in [3.63, 3.8) is 0 Å². The molecular weight excluding hydrogens is 599 g/mol. The van der Waals surface area contributed by atoms with Gasteiger partial charge in [-0.1, -0.05) is 152 Å². The Bertz CT molecular complexity index is 2370. The molecule has 48 heavy (non-hydrogen) atoms. The lowest BCUT2D eigenvalue weighted by Gasteiger charge is -2.35. The highest BCUT2D eigenvalue weighted by Crippen LogP contribution is 2.41. The van der Waals surface area contributed by atoms with E-state index in [1.807, 2.05) is 18.2 Å². The van der Waals surface area contributed by atoms with Gasteiger partial charge in [-0.25, -0.2) is 4.85 Å². The minimum atomic E-state index is -2.89. The van der Waals surface area contributed by atoms with Crippen molar-refractivity contribution in [1.82, 2.24) is 4.57 Å². The van der Waals surface area contributed by atoms with Crippen LogP contribution in [0.25, 0.3) is 43.5 Å². The number of nitrogens with zero attached hydrogens (tertiary/aromatic N) is 3. The molecule has 0 saturated carbocycles. The number of aromatic nitrogens is 1. The molecule has 7 aromatic carbocycles. The van der Waals surface area contributed by atoms with Crippen LogP contribution in [0.4, 0.5) is 5.69 Å². The SMILES string of the molecule is [C-]#[N+]c1cccc(-n2c3ccccc3c3ccccc32)c1-c1cc([Si](c2ccccc2)(c2ccccc2)c2ccccc2)ccc1C#N. The fraction of sp³-hybridized carbons (Fsp3) is 0. The van der Waals surface area contributed by atoms with E-state index < -0.39 is 8.07 Å².